The summed E-state index contributed by atoms with van der Waals surface area (Å²) >= 11 is 0. The van der Waals surface area contributed by atoms with Gasteiger partial charge in [0.05, 0.1) is 0 Å². The van der Waals surface area contributed by atoms with Crippen molar-refractivity contribution in [2.75, 3.05) is 5.32 Å². The van der Waals surface area contributed by atoms with Gasteiger partial charge in [0.15, 0.2) is 0 Å². The maximum absolute atomic E-state index is 3.57. The predicted molar refractivity (Wildman–Crippen MR) is 149 cm³/mol. The molecular weight excluding hydrogens is 422 g/mol. The predicted octanol–water partition coefficient (Wildman–Crippen LogP) is 9.56. The van der Waals surface area contributed by atoms with Crippen molar-refractivity contribution in [2.24, 2.45) is 0 Å². The average molecular weight is 446 g/mol. The summed E-state index contributed by atoms with van der Waals surface area (Å²) in [6.45, 7) is 0. The number of fused-ring (bicyclic) bond motifs is 3. The van der Waals surface area contributed by atoms with Crippen LogP contribution < -0.4 is 5.32 Å². The van der Waals surface area contributed by atoms with Gasteiger partial charge in [-0.1, -0.05) is 97.1 Å². The first kappa shape index (κ1) is 19.8. The maximum Gasteiger partial charge on any atom is 0.0390 e. The minimum absolute atomic E-state index is 1.08. The zero-order valence-electron chi connectivity index (χ0n) is 19.2. The van der Waals surface area contributed by atoms with Gasteiger partial charge in [0.2, 0.25) is 0 Å². The molecule has 164 valence electrons. The van der Waals surface area contributed by atoms with Gasteiger partial charge in [-0.05, 0) is 91.7 Å². The van der Waals surface area contributed by atoms with Crippen molar-refractivity contribution in [3.63, 3.8) is 0 Å². The van der Waals surface area contributed by atoms with E-state index in [1.807, 2.05) is 6.07 Å². The molecule has 0 unspecified atom stereocenters. The molecule has 6 aromatic carbocycles. The molecule has 0 atom stereocenters. The Balaban J connectivity index is 1.21. The fourth-order valence-electron chi connectivity index (χ4n) is 5.30. The van der Waals surface area contributed by atoms with E-state index >= 15 is 0 Å². The Morgan fingerprint density at radius 3 is 1.83 bits per heavy atom. The molecule has 0 bridgehead atoms. The highest BCUT2D eigenvalue weighted by Gasteiger charge is 2.21. The van der Waals surface area contributed by atoms with Gasteiger partial charge in [-0.2, -0.15) is 0 Å². The Labute approximate surface area is 205 Å². The molecule has 0 spiro atoms. The van der Waals surface area contributed by atoms with E-state index in [2.05, 4.69) is 133 Å². The third kappa shape index (κ3) is 3.41. The van der Waals surface area contributed by atoms with Crippen molar-refractivity contribution in [1.82, 2.24) is 0 Å². The van der Waals surface area contributed by atoms with Crippen molar-refractivity contribution in [2.45, 2.75) is 0 Å². The van der Waals surface area contributed by atoms with Gasteiger partial charge in [-0.15, -0.1) is 0 Å². The Hall–Kier alpha value is -4.62. The molecule has 7 rings (SSSR count). The first-order chi connectivity index (χ1) is 17.3. The molecule has 35 heavy (non-hydrogen) atoms. The Kier molecular flexibility index (Phi) is 4.53. The molecule has 1 nitrogen and oxygen atoms in total. The summed E-state index contributed by atoms with van der Waals surface area (Å²) in [5.74, 6) is 0. The van der Waals surface area contributed by atoms with E-state index < -0.39 is 0 Å². The van der Waals surface area contributed by atoms with E-state index in [0.717, 1.165) is 11.4 Å². The number of hydrogen-bond acceptors (Lipinski definition) is 1. The summed E-state index contributed by atoms with van der Waals surface area (Å²) < 4.78 is 0. The maximum atomic E-state index is 3.57. The number of nitrogens with one attached hydrogen (secondary N) is 1. The lowest BCUT2D eigenvalue weighted by molar-refractivity contribution is 1.53. The van der Waals surface area contributed by atoms with Gasteiger partial charge in [0.1, 0.15) is 0 Å². The van der Waals surface area contributed by atoms with Crippen LogP contribution in [0, 0.1) is 0 Å². The summed E-state index contributed by atoms with van der Waals surface area (Å²) in [5, 5.41) is 6.23. The van der Waals surface area contributed by atoms with E-state index in [-0.39, 0.29) is 0 Å². The molecule has 0 fully saturated rings. The summed E-state index contributed by atoms with van der Waals surface area (Å²) in [7, 11) is 0. The molecule has 0 heterocycles. The van der Waals surface area contributed by atoms with Crippen LogP contribution in [0.3, 0.4) is 0 Å². The smallest absolute Gasteiger partial charge is 0.0390 e. The average Bonchev–Trinajstić information content (AvgIpc) is 3.25. The van der Waals surface area contributed by atoms with E-state index in [4.69, 9.17) is 0 Å². The van der Waals surface area contributed by atoms with Crippen LogP contribution in [-0.4, -0.2) is 0 Å². The van der Waals surface area contributed by atoms with Gasteiger partial charge < -0.3 is 5.32 Å². The van der Waals surface area contributed by atoms with Crippen LogP contribution in [0.2, 0.25) is 0 Å². The Morgan fingerprint density at radius 1 is 0.343 bits per heavy atom. The molecule has 1 heteroatoms. The fraction of sp³-hybridized carbons (Fsp3) is 0. The van der Waals surface area contributed by atoms with E-state index in [1.165, 1.54) is 55.3 Å². The van der Waals surface area contributed by atoms with Gasteiger partial charge in [0, 0.05) is 11.4 Å². The summed E-state index contributed by atoms with van der Waals surface area (Å²) in [6, 6.07) is 47.8. The van der Waals surface area contributed by atoms with Crippen molar-refractivity contribution >= 4 is 22.1 Å². The molecule has 1 aliphatic carbocycles. The molecule has 0 saturated heterocycles. The van der Waals surface area contributed by atoms with Crippen molar-refractivity contribution in [1.29, 1.82) is 0 Å². The van der Waals surface area contributed by atoms with E-state index in [0.29, 0.717) is 0 Å². The lowest BCUT2D eigenvalue weighted by atomic mass is 9.96. The molecule has 6 aromatic rings. The summed E-state index contributed by atoms with van der Waals surface area (Å²) in [6.07, 6.45) is 0. The highest BCUT2D eigenvalue weighted by atomic mass is 14.9. The van der Waals surface area contributed by atoms with Crippen LogP contribution in [0.1, 0.15) is 0 Å². The van der Waals surface area contributed by atoms with Gasteiger partial charge in [0.25, 0.3) is 0 Å². The zero-order valence-corrected chi connectivity index (χ0v) is 19.2. The molecule has 0 aliphatic heterocycles. The normalized spacial score (nSPS) is 11.4. The second kappa shape index (κ2) is 8.00. The number of anilines is 2. The minimum atomic E-state index is 1.08. The highest BCUT2D eigenvalue weighted by molar-refractivity contribution is 6.16. The Morgan fingerprint density at radius 2 is 1.00 bits per heavy atom. The van der Waals surface area contributed by atoms with Gasteiger partial charge >= 0.3 is 0 Å². The van der Waals surface area contributed by atoms with Crippen LogP contribution in [0.5, 0.6) is 0 Å². The first-order valence-electron chi connectivity index (χ1n) is 12.0. The fourth-order valence-corrected chi connectivity index (χ4v) is 5.30. The van der Waals surface area contributed by atoms with Crippen LogP contribution >= 0.6 is 0 Å². The summed E-state index contributed by atoms with van der Waals surface area (Å²) in [5.41, 5.74) is 12.4. The third-order valence-corrected chi connectivity index (χ3v) is 6.96. The quantitative estimate of drug-likeness (QED) is 0.284. The highest BCUT2D eigenvalue weighted by Crippen LogP contribution is 2.48. The van der Waals surface area contributed by atoms with Crippen LogP contribution in [0.25, 0.3) is 55.3 Å². The van der Waals surface area contributed by atoms with E-state index in [9.17, 15) is 0 Å². The van der Waals surface area contributed by atoms with Crippen molar-refractivity contribution in [3.05, 3.63) is 133 Å². The van der Waals surface area contributed by atoms with Crippen LogP contribution in [0.15, 0.2) is 133 Å². The standard InChI is InChI=1S/C34H23N/c1-2-8-23(9-3-1)25-10-6-12-29(21-25)35-28-18-16-24(17-19-28)27-20-26-11-7-15-32-30-13-4-5-14-31(30)33(22-27)34(26)32/h1-22,35H. The molecule has 0 saturated carbocycles. The van der Waals surface area contributed by atoms with Gasteiger partial charge in [-0.25, -0.2) is 0 Å². The second-order valence-corrected chi connectivity index (χ2v) is 9.12. The van der Waals surface area contributed by atoms with E-state index in [1.54, 1.807) is 0 Å². The number of rotatable bonds is 4. The zero-order chi connectivity index (χ0) is 23.2. The van der Waals surface area contributed by atoms with Crippen molar-refractivity contribution < 1.29 is 0 Å². The monoisotopic (exact) mass is 445 g/mol. The first-order valence-corrected chi connectivity index (χ1v) is 12.0. The molecule has 1 aliphatic rings. The topological polar surface area (TPSA) is 12.0 Å². The number of hydrogen-bond donors (Lipinski definition) is 1. The largest absolute Gasteiger partial charge is 0.356 e. The SMILES string of the molecule is c1ccc(-c2cccc(Nc3ccc(-c4cc5c6c(cccc6c4)-c4ccccc4-5)cc3)c2)cc1. The second-order valence-electron chi connectivity index (χ2n) is 9.12. The molecule has 0 radical (unpaired) electrons. The Bertz CT molecular complexity index is 1700. The van der Waals surface area contributed by atoms with Crippen LogP contribution in [0.4, 0.5) is 11.4 Å². The third-order valence-electron chi connectivity index (χ3n) is 6.96. The van der Waals surface area contributed by atoms with Gasteiger partial charge in [-0.3, -0.25) is 0 Å². The minimum Gasteiger partial charge on any atom is -0.356 e. The lowest BCUT2D eigenvalue weighted by Crippen LogP contribution is -1.91. The molecule has 0 amide bonds. The molecular formula is C34H23N. The van der Waals surface area contributed by atoms with Crippen molar-refractivity contribution in [3.8, 4) is 44.5 Å². The lowest BCUT2D eigenvalue weighted by Gasteiger charge is -2.11. The number of benzene rings is 6. The summed E-state index contributed by atoms with van der Waals surface area (Å²) in [4.78, 5) is 0. The van der Waals surface area contributed by atoms with Crippen LogP contribution in [-0.2, 0) is 0 Å². The molecule has 0 aromatic heterocycles. The molecule has 1 N–H and O–H groups in total.